The van der Waals surface area contributed by atoms with Crippen LogP contribution in [-0.4, -0.2) is 27.0 Å². The minimum Gasteiger partial charge on any atom is -0.385 e. The van der Waals surface area contributed by atoms with Crippen LogP contribution in [0.15, 0.2) is 47.6 Å². The molecule has 0 unspecified atom stereocenters. The number of hydrogen-bond acceptors (Lipinski definition) is 4. The predicted octanol–water partition coefficient (Wildman–Crippen LogP) is 2.26. The molecule has 0 saturated carbocycles. The van der Waals surface area contributed by atoms with Crippen LogP contribution in [0.25, 0.3) is 0 Å². The van der Waals surface area contributed by atoms with E-state index >= 15 is 0 Å². The molecule has 21 heavy (non-hydrogen) atoms. The van der Waals surface area contributed by atoms with Gasteiger partial charge in [-0.3, -0.25) is 9.29 Å². The molecule has 2 aromatic rings. The molecular formula is C15H17N3O2S. The maximum absolute atomic E-state index is 12.7. The van der Waals surface area contributed by atoms with Gasteiger partial charge in [-0.2, -0.15) is 0 Å². The average molecular weight is 303 g/mol. The first-order valence-corrected chi connectivity index (χ1v) is 8.29. The summed E-state index contributed by atoms with van der Waals surface area (Å²) in [6.45, 7) is 0.940. The van der Waals surface area contributed by atoms with Crippen LogP contribution in [0.2, 0.25) is 0 Å². The molecule has 0 radical (unpaired) electrons. The molecule has 0 atom stereocenters. The van der Waals surface area contributed by atoms with Gasteiger partial charge in [-0.25, -0.2) is 8.42 Å². The molecule has 2 heterocycles. The number of rotatable bonds is 3. The zero-order valence-electron chi connectivity index (χ0n) is 11.8. The molecule has 0 saturated heterocycles. The molecule has 1 aromatic carbocycles. The summed E-state index contributed by atoms with van der Waals surface area (Å²) in [6.07, 6.45) is 5.09. The largest absolute Gasteiger partial charge is 0.385 e. The monoisotopic (exact) mass is 303 g/mol. The van der Waals surface area contributed by atoms with Gasteiger partial charge < -0.3 is 5.32 Å². The third-order valence-corrected chi connectivity index (χ3v) is 5.48. The summed E-state index contributed by atoms with van der Waals surface area (Å²) in [7, 11) is -1.99. The summed E-state index contributed by atoms with van der Waals surface area (Å²) in [5.74, 6) is 0. The maximum atomic E-state index is 12.7. The van der Waals surface area contributed by atoms with E-state index < -0.39 is 10.0 Å². The molecule has 6 heteroatoms. The number of nitrogens with zero attached hydrogens (tertiary/aromatic N) is 2. The van der Waals surface area contributed by atoms with Crippen molar-refractivity contribution in [3.05, 3.63) is 48.3 Å². The average Bonchev–Trinajstić information content (AvgIpc) is 2.54. The van der Waals surface area contributed by atoms with Crippen LogP contribution in [-0.2, 0) is 16.4 Å². The van der Waals surface area contributed by atoms with Gasteiger partial charge in [0, 0.05) is 31.7 Å². The van der Waals surface area contributed by atoms with Crippen LogP contribution in [0.5, 0.6) is 0 Å². The van der Waals surface area contributed by atoms with Crippen LogP contribution in [0, 0.1) is 0 Å². The molecule has 1 aliphatic rings. The Balaban J connectivity index is 1.98. The van der Waals surface area contributed by atoms with Crippen LogP contribution in [0.3, 0.4) is 0 Å². The molecule has 0 aliphatic carbocycles. The Morgan fingerprint density at radius 3 is 2.71 bits per heavy atom. The molecule has 5 nitrogen and oxygen atoms in total. The van der Waals surface area contributed by atoms with Crippen LogP contribution in [0.1, 0.15) is 12.0 Å². The fourth-order valence-electron chi connectivity index (χ4n) is 2.46. The van der Waals surface area contributed by atoms with E-state index in [-0.39, 0.29) is 0 Å². The zero-order chi connectivity index (χ0) is 14.9. The van der Waals surface area contributed by atoms with Crippen molar-refractivity contribution in [2.24, 2.45) is 0 Å². The van der Waals surface area contributed by atoms with E-state index in [2.05, 4.69) is 10.3 Å². The second kappa shape index (κ2) is 5.37. The van der Waals surface area contributed by atoms with E-state index in [1.54, 1.807) is 43.7 Å². The lowest BCUT2D eigenvalue weighted by atomic mass is 10.0. The highest BCUT2D eigenvalue weighted by Gasteiger charge is 2.22. The first kappa shape index (κ1) is 13.9. The van der Waals surface area contributed by atoms with Crippen molar-refractivity contribution in [1.29, 1.82) is 0 Å². The number of hydrogen-bond donors (Lipinski definition) is 1. The second-order valence-electron chi connectivity index (χ2n) is 5.03. The summed E-state index contributed by atoms with van der Waals surface area (Å²) >= 11 is 0. The lowest BCUT2D eigenvalue weighted by Gasteiger charge is -2.22. The molecule has 0 fully saturated rings. The number of aryl methyl sites for hydroxylation is 1. The number of nitrogens with one attached hydrogen (secondary N) is 1. The number of pyridine rings is 1. The lowest BCUT2D eigenvalue weighted by molar-refractivity contribution is 0.594. The Kier molecular flexibility index (Phi) is 3.55. The molecule has 1 aromatic heterocycles. The summed E-state index contributed by atoms with van der Waals surface area (Å²) in [4.78, 5) is 4.23. The number of benzene rings is 1. The van der Waals surface area contributed by atoms with Crippen molar-refractivity contribution < 1.29 is 8.42 Å². The van der Waals surface area contributed by atoms with E-state index in [4.69, 9.17) is 0 Å². The van der Waals surface area contributed by atoms with Gasteiger partial charge in [0.2, 0.25) is 0 Å². The van der Waals surface area contributed by atoms with Gasteiger partial charge >= 0.3 is 0 Å². The van der Waals surface area contributed by atoms with E-state index in [0.717, 1.165) is 30.6 Å². The SMILES string of the molecule is CN(c1ccncc1)S(=O)(=O)c1ccc2c(c1)CCCN2. The smallest absolute Gasteiger partial charge is 0.264 e. The number of anilines is 2. The third-order valence-electron chi connectivity index (χ3n) is 3.70. The Hall–Kier alpha value is -2.08. The molecule has 0 spiro atoms. The summed E-state index contributed by atoms with van der Waals surface area (Å²) < 4.78 is 26.7. The van der Waals surface area contributed by atoms with Gasteiger partial charge in [-0.15, -0.1) is 0 Å². The summed E-state index contributed by atoms with van der Waals surface area (Å²) in [5.41, 5.74) is 2.69. The molecule has 1 N–H and O–H groups in total. The van der Waals surface area contributed by atoms with Crippen molar-refractivity contribution in [1.82, 2.24) is 4.98 Å². The molecule has 0 bridgehead atoms. The highest BCUT2D eigenvalue weighted by Crippen LogP contribution is 2.27. The molecule has 3 rings (SSSR count). The van der Waals surface area contributed by atoms with Crippen molar-refractivity contribution in [2.75, 3.05) is 23.2 Å². The summed E-state index contributed by atoms with van der Waals surface area (Å²) in [5, 5.41) is 3.29. The minimum absolute atomic E-state index is 0.323. The van der Waals surface area contributed by atoms with Crippen molar-refractivity contribution in [3.8, 4) is 0 Å². The molecule has 110 valence electrons. The fraction of sp³-hybridized carbons (Fsp3) is 0.267. The van der Waals surface area contributed by atoms with Gasteiger partial charge in [0.15, 0.2) is 0 Å². The Labute approximate surface area is 124 Å². The number of aromatic nitrogens is 1. The maximum Gasteiger partial charge on any atom is 0.264 e. The van der Waals surface area contributed by atoms with Crippen LogP contribution >= 0.6 is 0 Å². The molecular weight excluding hydrogens is 286 g/mol. The van der Waals surface area contributed by atoms with E-state index in [0.29, 0.717) is 10.6 Å². The quantitative estimate of drug-likeness (QED) is 0.945. The topological polar surface area (TPSA) is 62.3 Å². The molecule has 0 amide bonds. The zero-order valence-corrected chi connectivity index (χ0v) is 12.6. The van der Waals surface area contributed by atoms with Crippen molar-refractivity contribution in [2.45, 2.75) is 17.7 Å². The molecule has 1 aliphatic heterocycles. The normalized spacial score (nSPS) is 14.1. The van der Waals surface area contributed by atoms with Gasteiger partial charge in [0.25, 0.3) is 10.0 Å². The van der Waals surface area contributed by atoms with E-state index in [1.807, 2.05) is 6.07 Å². The van der Waals surface area contributed by atoms with Crippen molar-refractivity contribution in [3.63, 3.8) is 0 Å². The first-order chi connectivity index (χ1) is 10.1. The Morgan fingerprint density at radius 2 is 1.95 bits per heavy atom. The highest BCUT2D eigenvalue weighted by molar-refractivity contribution is 7.92. The van der Waals surface area contributed by atoms with Gasteiger partial charge in [-0.05, 0) is 48.7 Å². The van der Waals surface area contributed by atoms with E-state index in [9.17, 15) is 8.42 Å². The fourth-order valence-corrected chi connectivity index (χ4v) is 3.71. The van der Waals surface area contributed by atoms with E-state index in [1.165, 1.54) is 4.31 Å². The van der Waals surface area contributed by atoms with Gasteiger partial charge in [0.05, 0.1) is 10.6 Å². The Morgan fingerprint density at radius 1 is 1.19 bits per heavy atom. The summed E-state index contributed by atoms with van der Waals surface area (Å²) in [6, 6.07) is 8.63. The number of sulfonamides is 1. The van der Waals surface area contributed by atoms with Gasteiger partial charge in [0.1, 0.15) is 0 Å². The number of fused-ring (bicyclic) bond motifs is 1. The van der Waals surface area contributed by atoms with Gasteiger partial charge in [-0.1, -0.05) is 0 Å². The lowest BCUT2D eigenvalue weighted by Crippen LogP contribution is -2.27. The first-order valence-electron chi connectivity index (χ1n) is 6.85. The minimum atomic E-state index is -3.55. The third kappa shape index (κ3) is 2.58. The van der Waals surface area contributed by atoms with Crippen molar-refractivity contribution >= 4 is 21.4 Å². The predicted molar refractivity (Wildman–Crippen MR) is 83.1 cm³/mol. The second-order valence-corrected chi connectivity index (χ2v) is 7.00. The Bertz CT molecular complexity index is 745. The standard InChI is InChI=1S/C15H17N3O2S/c1-18(13-6-9-16-10-7-13)21(19,20)14-4-5-15-12(11-14)3-2-8-17-15/h4-7,9-11,17H,2-3,8H2,1H3. The van der Waals surface area contributed by atoms with Crippen LogP contribution < -0.4 is 9.62 Å². The highest BCUT2D eigenvalue weighted by atomic mass is 32.2. The van der Waals surface area contributed by atoms with Crippen LogP contribution in [0.4, 0.5) is 11.4 Å².